The first kappa shape index (κ1) is 34.7. The minimum Gasteiger partial charge on any atom is -0.475 e. The van der Waals surface area contributed by atoms with Crippen molar-refractivity contribution < 1.29 is 46.2 Å². The molecule has 44 heavy (non-hydrogen) atoms. The maximum Gasteiger partial charge on any atom is 0.490 e. The van der Waals surface area contributed by atoms with Gasteiger partial charge in [0.1, 0.15) is 11.7 Å². The Morgan fingerprint density at radius 1 is 1.00 bits per heavy atom. The van der Waals surface area contributed by atoms with Crippen LogP contribution >= 0.6 is 0 Å². The molecule has 2 heterocycles. The molecular formula is C29H38F5N5O5. The predicted molar refractivity (Wildman–Crippen MR) is 151 cm³/mol. The van der Waals surface area contributed by atoms with Crippen molar-refractivity contribution in [1.29, 1.82) is 0 Å². The van der Waals surface area contributed by atoms with Crippen molar-refractivity contribution in [1.82, 2.24) is 25.0 Å². The van der Waals surface area contributed by atoms with Crippen LogP contribution in [-0.2, 0) is 21.4 Å². The summed E-state index contributed by atoms with van der Waals surface area (Å²) < 4.78 is 60.8. The van der Waals surface area contributed by atoms with E-state index in [1.54, 1.807) is 41.5 Å². The Hall–Kier alpha value is -3.75. The summed E-state index contributed by atoms with van der Waals surface area (Å²) in [6, 6.07) is 2.51. The first-order valence-electron chi connectivity index (χ1n) is 14.4. The first-order valence-corrected chi connectivity index (χ1v) is 14.4. The Kier molecular flexibility index (Phi) is 11.3. The average molecular weight is 632 g/mol. The van der Waals surface area contributed by atoms with E-state index in [-0.39, 0.29) is 29.7 Å². The number of alkyl halides is 3. The highest BCUT2D eigenvalue weighted by molar-refractivity contribution is 5.99. The van der Waals surface area contributed by atoms with Gasteiger partial charge in [-0.05, 0) is 51.8 Å². The van der Waals surface area contributed by atoms with Crippen molar-refractivity contribution >= 4 is 34.6 Å². The lowest BCUT2D eigenvalue weighted by atomic mass is 9.83. The Morgan fingerprint density at radius 2 is 1.59 bits per heavy atom. The van der Waals surface area contributed by atoms with E-state index in [9.17, 15) is 36.3 Å². The monoisotopic (exact) mass is 631 g/mol. The third-order valence-corrected chi connectivity index (χ3v) is 8.26. The van der Waals surface area contributed by atoms with Crippen molar-refractivity contribution in [3.63, 3.8) is 0 Å². The number of carboxylic acids is 1. The highest BCUT2D eigenvalue weighted by Gasteiger charge is 2.39. The summed E-state index contributed by atoms with van der Waals surface area (Å²) in [6.45, 7) is 4.67. The number of aliphatic carboxylic acids is 1. The van der Waals surface area contributed by atoms with Gasteiger partial charge in [0.25, 0.3) is 5.91 Å². The van der Waals surface area contributed by atoms with Crippen LogP contribution in [0.25, 0.3) is 10.9 Å². The number of hydrogen-bond acceptors (Lipinski definition) is 5. The number of carbonyl (C=O) groups excluding carboxylic acids is 3. The molecule has 2 fully saturated rings. The molecule has 0 bridgehead atoms. The second-order valence-corrected chi connectivity index (χ2v) is 11.2. The third-order valence-electron chi connectivity index (χ3n) is 8.26. The SMILES string of the molecule is CNC(C)C(=O)NC(C(=O)N1CCN(C(=O)c2cc3cc(F)c(F)cc3n2C)C[C@H]1C)C1CCCCC1.O=C(O)C(F)(F)F. The lowest BCUT2D eigenvalue weighted by Crippen LogP contribution is -2.62. The zero-order chi connectivity index (χ0) is 32.9. The van der Waals surface area contributed by atoms with Gasteiger partial charge < -0.3 is 30.1 Å². The molecule has 1 saturated heterocycles. The number of fused-ring (bicyclic) bond motifs is 1. The van der Waals surface area contributed by atoms with Gasteiger partial charge in [0.2, 0.25) is 11.8 Å². The summed E-state index contributed by atoms with van der Waals surface area (Å²) in [5, 5.41) is 13.5. The topological polar surface area (TPSA) is 124 Å². The fourth-order valence-electron chi connectivity index (χ4n) is 5.61. The van der Waals surface area contributed by atoms with Gasteiger partial charge in [-0.3, -0.25) is 14.4 Å². The van der Waals surface area contributed by atoms with Gasteiger partial charge in [-0.2, -0.15) is 13.2 Å². The highest BCUT2D eigenvalue weighted by Crippen LogP contribution is 2.29. The van der Waals surface area contributed by atoms with Crippen LogP contribution in [0.5, 0.6) is 0 Å². The molecule has 244 valence electrons. The summed E-state index contributed by atoms with van der Waals surface area (Å²) >= 11 is 0. The second-order valence-electron chi connectivity index (χ2n) is 11.2. The normalized spacial score (nSPS) is 19.2. The van der Waals surface area contributed by atoms with Gasteiger partial charge in [-0.15, -0.1) is 0 Å². The molecule has 2 aliphatic rings. The molecule has 15 heteroatoms. The number of aromatic nitrogens is 1. The number of benzene rings is 1. The molecule has 2 aromatic rings. The molecular weight excluding hydrogens is 593 g/mol. The number of rotatable bonds is 6. The van der Waals surface area contributed by atoms with E-state index in [1.807, 2.05) is 6.92 Å². The van der Waals surface area contributed by atoms with Crippen molar-refractivity contribution in [2.75, 3.05) is 26.7 Å². The minimum atomic E-state index is -5.08. The van der Waals surface area contributed by atoms with Gasteiger partial charge >= 0.3 is 12.1 Å². The quantitative estimate of drug-likeness (QED) is 0.420. The number of likely N-dealkylation sites (N-methyl/N-ethyl adjacent to an activating group) is 1. The molecule has 10 nitrogen and oxygen atoms in total. The molecule has 4 rings (SSSR count). The first-order chi connectivity index (χ1) is 20.6. The number of carbonyl (C=O) groups is 4. The number of aryl methyl sites for hydroxylation is 1. The molecule has 1 saturated carbocycles. The summed E-state index contributed by atoms with van der Waals surface area (Å²) in [4.78, 5) is 52.2. The number of nitrogens with one attached hydrogen (secondary N) is 2. The van der Waals surface area contributed by atoms with Gasteiger partial charge in [0.05, 0.1) is 11.6 Å². The molecule has 1 aliphatic heterocycles. The fourth-order valence-corrected chi connectivity index (χ4v) is 5.61. The van der Waals surface area contributed by atoms with Crippen LogP contribution in [0.4, 0.5) is 22.0 Å². The Morgan fingerprint density at radius 3 is 2.14 bits per heavy atom. The highest BCUT2D eigenvalue weighted by atomic mass is 19.4. The van der Waals surface area contributed by atoms with Crippen molar-refractivity contribution in [3.05, 3.63) is 35.5 Å². The van der Waals surface area contributed by atoms with E-state index in [0.29, 0.717) is 36.2 Å². The van der Waals surface area contributed by atoms with Gasteiger partial charge in [0, 0.05) is 44.2 Å². The summed E-state index contributed by atoms with van der Waals surface area (Å²) in [5.41, 5.74) is 0.770. The van der Waals surface area contributed by atoms with Crippen LogP contribution in [-0.4, -0.2) is 94.1 Å². The predicted octanol–water partition coefficient (Wildman–Crippen LogP) is 3.44. The van der Waals surface area contributed by atoms with E-state index >= 15 is 0 Å². The zero-order valence-corrected chi connectivity index (χ0v) is 25.0. The summed E-state index contributed by atoms with van der Waals surface area (Å²) in [5.74, 6) is -5.13. The molecule has 2 unspecified atom stereocenters. The van der Waals surface area contributed by atoms with E-state index in [1.165, 1.54) is 0 Å². The second kappa shape index (κ2) is 14.4. The lowest BCUT2D eigenvalue weighted by Gasteiger charge is -2.43. The maximum atomic E-state index is 13.8. The number of hydrogen-bond donors (Lipinski definition) is 3. The van der Waals surface area contributed by atoms with E-state index in [2.05, 4.69) is 10.6 Å². The van der Waals surface area contributed by atoms with Crippen LogP contribution in [0, 0.1) is 17.6 Å². The van der Waals surface area contributed by atoms with E-state index in [0.717, 1.165) is 44.2 Å². The fraction of sp³-hybridized carbons (Fsp3) is 0.586. The van der Waals surface area contributed by atoms with Crippen LogP contribution < -0.4 is 10.6 Å². The van der Waals surface area contributed by atoms with Crippen LogP contribution in [0.2, 0.25) is 0 Å². The number of piperazine rings is 1. The lowest BCUT2D eigenvalue weighted by molar-refractivity contribution is -0.192. The Bertz CT molecular complexity index is 1370. The standard InChI is InChI=1S/C27H37F2N5O3.C2HF3O2/c1-16-15-33(26(36)23-13-19-12-20(28)21(29)14-22(19)32(23)4)10-11-34(16)27(37)24(18-8-6-5-7-9-18)31-25(35)17(2)30-3;3-2(4,5)1(6)7/h12-14,16-18,24,30H,5-11,15H2,1-4H3,(H,31,35);(H,6,7)/t16-,17?,24?;/m1./s1. The summed E-state index contributed by atoms with van der Waals surface area (Å²) in [7, 11) is 3.36. The molecule has 1 aromatic carbocycles. The molecule has 3 N–H and O–H groups in total. The van der Waals surface area contributed by atoms with Crippen LogP contribution in [0.15, 0.2) is 18.2 Å². The zero-order valence-electron chi connectivity index (χ0n) is 25.0. The van der Waals surface area contributed by atoms with Crippen molar-refractivity contribution in [2.24, 2.45) is 13.0 Å². The third kappa shape index (κ3) is 8.04. The minimum absolute atomic E-state index is 0.0951. The van der Waals surface area contributed by atoms with Gasteiger partial charge in [-0.25, -0.2) is 13.6 Å². The smallest absolute Gasteiger partial charge is 0.475 e. The average Bonchev–Trinajstić information content (AvgIpc) is 3.29. The number of amides is 3. The molecule has 3 amide bonds. The largest absolute Gasteiger partial charge is 0.490 e. The van der Waals surface area contributed by atoms with E-state index in [4.69, 9.17) is 9.90 Å². The number of nitrogens with zero attached hydrogens (tertiary/aromatic N) is 3. The summed E-state index contributed by atoms with van der Waals surface area (Å²) in [6.07, 6.45) is -0.0482. The van der Waals surface area contributed by atoms with E-state index < -0.39 is 35.9 Å². The number of halogens is 5. The molecule has 1 aromatic heterocycles. The number of carboxylic acid groups (broad SMARTS) is 1. The molecule has 1 aliphatic carbocycles. The maximum absolute atomic E-state index is 13.8. The van der Waals surface area contributed by atoms with Gasteiger partial charge in [0.15, 0.2) is 11.6 Å². The Balaban J connectivity index is 0.000000676. The van der Waals surface area contributed by atoms with Crippen molar-refractivity contribution in [2.45, 2.75) is 70.3 Å². The molecule has 0 radical (unpaired) electrons. The molecule has 3 atom stereocenters. The van der Waals surface area contributed by atoms with Gasteiger partial charge in [-0.1, -0.05) is 19.3 Å². The Labute approximate surface area is 251 Å². The van der Waals surface area contributed by atoms with Crippen LogP contribution in [0.1, 0.15) is 56.4 Å². The molecule has 0 spiro atoms. The van der Waals surface area contributed by atoms with Crippen LogP contribution in [0.3, 0.4) is 0 Å². The van der Waals surface area contributed by atoms with Crippen molar-refractivity contribution in [3.8, 4) is 0 Å².